The van der Waals surface area contributed by atoms with Crippen LogP contribution in [-0.4, -0.2) is 28.4 Å². The summed E-state index contributed by atoms with van der Waals surface area (Å²) in [6, 6.07) is 5.32. The van der Waals surface area contributed by atoms with Crippen LogP contribution in [0.1, 0.15) is 31.7 Å². The van der Waals surface area contributed by atoms with E-state index in [1.54, 1.807) is 17.0 Å². The number of carbonyl (C=O) groups excluding carboxylic acids is 1. The lowest BCUT2D eigenvalue weighted by molar-refractivity contribution is -0.141. The van der Waals surface area contributed by atoms with E-state index in [9.17, 15) is 9.59 Å². The lowest BCUT2D eigenvalue weighted by Crippen LogP contribution is -2.35. The average molecular weight is 344 g/mol. The van der Waals surface area contributed by atoms with Gasteiger partial charge in [0.1, 0.15) is 0 Å². The normalized spacial score (nSPS) is 20.9. The van der Waals surface area contributed by atoms with E-state index in [2.05, 4.69) is 0 Å². The van der Waals surface area contributed by atoms with Gasteiger partial charge in [-0.15, -0.1) is 0 Å². The number of carbonyl (C=O) groups is 2. The minimum atomic E-state index is -0.803. The molecule has 0 radical (unpaired) electrons. The van der Waals surface area contributed by atoms with Gasteiger partial charge in [0.2, 0.25) is 5.91 Å². The number of rotatable bonds is 5. The molecule has 2 rings (SSSR count). The zero-order valence-electron chi connectivity index (χ0n) is 12.4. The topological polar surface area (TPSA) is 57.6 Å². The number of hydrogen-bond acceptors (Lipinski definition) is 2. The highest BCUT2D eigenvalue weighted by Gasteiger charge is 2.35. The maximum absolute atomic E-state index is 12.6. The van der Waals surface area contributed by atoms with Crippen molar-refractivity contribution in [3.8, 4) is 0 Å². The fourth-order valence-corrected chi connectivity index (χ4v) is 3.21. The van der Waals surface area contributed by atoms with Gasteiger partial charge in [-0.3, -0.25) is 9.59 Å². The molecule has 0 heterocycles. The van der Waals surface area contributed by atoms with Crippen molar-refractivity contribution in [1.29, 1.82) is 0 Å². The smallest absolute Gasteiger partial charge is 0.306 e. The summed E-state index contributed by atoms with van der Waals surface area (Å²) < 4.78 is 0. The second-order valence-corrected chi connectivity index (χ2v) is 6.46. The Morgan fingerprint density at radius 3 is 2.45 bits per heavy atom. The number of carboxylic acids is 1. The van der Waals surface area contributed by atoms with Crippen LogP contribution in [0.2, 0.25) is 10.0 Å². The first-order valence-electron chi connectivity index (χ1n) is 7.37. The number of aliphatic carboxylic acids is 1. The molecule has 120 valence electrons. The van der Waals surface area contributed by atoms with Gasteiger partial charge < -0.3 is 10.0 Å². The second kappa shape index (κ2) is 7.34. The van der Waals surface area contributed by atoms with Crippen LogP contribution in [0.15, 0.2) is 18.2 Å². The fraction of sp³-hybridized carbons (Fsp3) is 0.500. The van der Waals surface area contributed by atoms with Crippen molar-refractivity contribution in [2.24, 2.45) is 11.8 Å². The average Bonchev–Trinajstić information content (AvgIpc) is 2.97. The fourth-order valence-electron chi connectivity index (χ4n) is 2.89. The lowest BCUT2D eigenvalue weighted by Gasteiger charge is -2.24. The predicted molar refractivity (Wildman–Crippen MR) is 86.0 cm³/mol. The molecule has 0 spiro atoms. The molecule has 0 unspecified atom stereocenters. The van der Waals surface area contributed by atoms with Crippen molar-refractivity contribution >= 4 is 35.1 Å². The Kier molecular flexibility index (Phi) is 5.70. The number of carboxylic acid groups (broad SMARTS) is 1. The third-order valence-corrected chi connectivity index (χ3v) is 4.92. The first kappa shape index (κ1) is 17.1. The van der Waals surface area contributed by atoms with E-state index in [-0.39, 0.29) is 11.8 Å². The minimum absolute atomic E-state index is 0.0253. The molecule has 4 nitrogen and oxygen atoms in total. The summed E-state index contributed by atoms with van der Waals surface area (Å²) >= 11 is 11.9. The first-order valence-corrected chi connectivity index (χ1v) is 8.13. The van der Waals surface area contributed by atoms with Gasteiger partial charge in [-0.1, -0.05) is 29.3 Å². The molecule has 0 bridgehead atoms. The van der Waals surface area contributed by atoms with Crippen molar-refractivity contribution in [1.82, 2.24) is 4.90 Å². The van der Waals surface area contributed by atoms with Crippen molar-refractivity contribution < 1.29 is 14.7 Å². The summed E-state index contributed by atoms with van der Waals surface area (Å²) in [4.78, 5) is 25.3. The van der Waals surface area contributed by atoms with E-state index in [1.165, 1.54) is 0 Å². The molecular weight excluding hydrogens is 325 g/mol. The van der Waals surface area contributed by atoms with Crippen LogP contribution in [0.5, 0.6) is 0 Å². The molecule has 1 saturated carbocycles. The van der Waals surface area contributed by atoms with E-state index in [0.29, 0.717) is 42.4 Å². The summed E-state index contributed by atoms with van der Waals surface area (Å²) in [6.07, 6.45) is 1.66. The molecule has 1 N–H and O–H groups in total. The molecular formula is C16H19Cl2NO3. The Bertz CT molecular complexity index is 577. The molecule has 6 heteroatoms. The molecule has 1 aliphatic rings. The van der Waals surface area contributed by atoms with E-state index >= 15 is 0 Å². The van der Waals surface area contributed by atoms with E-state index in [0.717, 1.165) is 5.56 Å². The van der Waals surface area contributed by atoms with E-state index < -0.39 is 11.9 Å². The van der Waals surface area contributed by atoms with Crippen LogP contribution in [-0.2, 0) is 16.1 Å². The molecule has 2 atom stereocenters. The van der Waals surface area contributed by atoms with Crippen LogP contribution < -0.4 is 0 Å². The van der Waals surface area contributed by atoms with Crippen molar-refractivity contribution in [2.45, 2.75) is 32.7 Å². The second-order valence-electron chi connectivity index (χ2n) is 5.65. The largest absolute Gasteiger partial charge is 0.481 e. The Morgan fingerprint density at radius 1 is 1.23 bits per heavy atom. The van der Waals surface area contributed by atoms with Gasteiger partial charge in [-0.25, -0.2) is 0 Å². The first-order chi connectivity index (χ1) is 10.4. The summed E-state index contributed by atoms with van der Waals surface area (Å²) in [5, 5.41) is 10.0. The van der Waals surface area contributed by atoms with E-state index in [4.69, 9.17) is 28.3 Å². The van der Waals surface area contributed by atoms with Gasteiger partial charge in [0.15, 0.2) is 0 Å². The summed E-state index contributed by atoms with van der Waals surface area (Å²) in [7, 11) is 0. The standard InChI is InChI=1S/C16H19Cl2NO3/c1-2-19(9-10-3-6-13(17)14(18)7-10)15(20)11-4-5-12(8-11)16(21)22/h3,6-7,11-12H,2,4-5,8-9H2,1H3,(H,21,22)/t11-,12+/m1/s1. The summed E-state index contributed by atoms with van der Waals surface area (Å²) in [6.45, 7) is 2.95. The van der Waals surface area contributed by atoms with Gasteiger partial charge >= 0.3 is 5.97 Å². The van der Waals surface area contributed by atoms with Crippen LogP contribution >= 0.6 is 23.2 Å². The summed E-state index contributed by atoms with van der Waals surface area (Å²) in [5.41, 5.74) is 0.914. The highest BCUT2D eigenvalue weighted by Crippen LogP contribution is 2.33. The highest BCUT2D eigenvalue weighted by atomic mass is 35.5. The maximum Gasteiger partial charge on any atom is 0.306 e. The monoisotopic (exact) mass is 343 g/mol. The zero-order valence-corrected chi connectivity index (χ0v) is 13.9. The van der Waals surface area contributed by atoms with Gasteiger partial charge in [0.25, 0.3) is 0 Å². The van der Waals surface area contributed by atoms with Gasteiger partial charge in [0.05, 0.1) is 16.0 Å². The number of nitrogens with zero attached hydrogens (tertiary/aromatic N) is 1. The van der Waals surface area contributed by atoms with Crippen LogP contribution in [0.4, 0.5) is 0 Å². The molecule has 22 heavy (non-hydrogen) atoms. The number of amides is 1. The Hall–Kier alpha value is -1.26. The molecule has 1 aromatic rings. The van der Waals surface area contributed by atoms with Crippen LogP contribution in [0, 0.1) is 11.8 Å². The molecule has 1 aliphatic carbocycles. The van der Waals surface area contributed by atoms with Gasteiger partial charge in [-0.2, -0.15) is 0 Å². The molecule has 0 aromatic heterocycles. The molecule has 0 aliphatic heterocycles. The van der Waals surface area contributed by atoms with Crippen molar-refractivity contribution in [3.05, 3.63) is 33.8 Å². The third-order valence-electron chi connectivity index (χ3n) is 4.18. The number of benzene rings is 1. The van der Waals surface area contributed by atoms with Gasteiger partial charge in [-0.05, 0) is 43.9 Å². The Balaban J connectivity index is 2.03. The Labute approximate surface area is 140 Å². The minimum Gasteiger partial charge on any atom is -0.481 e. The maximum atomic E-state index is 12.6. The molecule has 1 aromatic carbocycles. The van der Waals surface area contributed by atoms with Gasteiger partial charge in [0, 0.05) is 19.0 Å². The van der Waals surface area contributed by atoms with Crippen molar-refractivity contribution in [2.75, 3.05) is 6.54 Å². The quantitative estimate of drug-likeness (QED) is 0.883. The molecule has 0 saturated heterocycles. The zero-order chi connectivity index (χ0) is 16.3. The Morgan fingerprint density at radius 2 is 1.91 bits per heavy atom. The number of halogens is 2. The van der Waals surface area contributed by atoms with E-state index in [1.807, 2.05) is 13.0 Å². The SMILES string of the molecule is CCN(Cc1ccc(Cl)c(Cl)c1)C(=O)[C@@H]1CC[C@H](C(=O)O)C1. The number of hydrogen-bond donors (Lipinski definition) is 1. The predicted octanol–water partition coefficient (Wildman–Crippen LogP) is 3.84. The van der Waals surface area contributed by atoms with Crippen LogP contribution in [0.3, 0.4) is 0 Å². The highest BCUT2D eigenvalue weighted by molar-refractivity contribution is 6.42. The lowest BCUT2D eigenvalue weighted by atomic mass is 10.0. The molecule has 1 fully saturated rings. The summed E-state index contributed by atoms with van der Waals surface area (Å²) in [5.74, 6) is -1.36. The third kappa shape index (κ3) is 3.93. The van der Waals surface area contributed by atoms with Crippen molar-refractivity contribution in [3.63, 3.8) is 0 Å². The molecule has 1 amide bonds. The van der Waals surface area contributed by atoms with Crippen LogP contribution in [0.25, 0.3) is 0 Å².